The van der Waals surface area contributed by atoms with Crippen molar-refractivity contribution in [1.82, 2.24) is 0 Å². The number of Topliss-reactive ketones (excluding diaryl/α,β-unsaturated/α-hetero) is 2. The first kappa shape index (κ1) is 13.8. The van der Waals surface area contributed by atoms with E-state index in [0.717, 1.165) is 10.8 Å². The van der Waals surface area contributed by atoms with Gasteiger partial charge in [0.1, 0.15) is 5.75 Å². The van der Waals surface area contributed by atoms with Crippen molar-refractivity contribution in [2.75, 3.05) is 0 Å². The smallest absolute Gasteiger partial charge is 0.210 e. The highest BCUT2D eigenvalue weighted by Gasteiger charge is 2.46. The van der Waals surface area contributed by atoms with Crippen LogP contribution in [0.25, 0.3) is 10.8 Å². The Morgan fingerprint density at radius 2 is 1.91 bits per heavy atom. The molecular formula is C19H14O4. The Balaban J connectivity index is 1.74. The van der Waals surface area contributed by atoms with Gasteiger partial charge in [-0.1, -0.05) is 30.3 Å². The van der Waals surface area contributed by atoms with Crippen molar-refractivity contribution in [3.63, 3.8) is 0 Å². The fourth-order valence-electron chi connectivity index (χ4n) is 3.07. The number of benzene rings is 2. The molecule has 0 saturated heterocycles. The van der Waals surface area contributed by atoms with Gasteiger partial charge >= 0.3 is 0 Å². The lowest BCUT2D eigenvalue weighted by atomic mass is 9.89. The van der Waals surface area contributed by atoms with Crippen LogP contribution in [0.3, 0.4) is 0 Å². The van der Waals surface area contributed by atoms with Crippen molar-refractivity contribution in [2.24, 2.45) is 0 Å². The van der Waals surface area contributed by atoms with Crippen LogP contribution in [-0.2, 0) is 0 Å². The lowest BCUT2D eigenvalue weighted by molar-refractivity contribution is 0.0545. The van der Waals surface area contributed by atoms with Gasteiger partial charge < -0.3 is 9.15 Å². The Kier molecular flexibility index (Phi) is 2.88. The lowest BCUT2D eigenvalue weighted by Crippen LogP contribution is -2.38. The third kappa shape index (κ3) is 2.06. The molecule has 23 heavy (non-hydrogen) atoms. The molecule has 3 aromatic rings. The zero-order valence-corrected chi connectivity index (χ0v) is 12.5. The second-order valence-electron chi connectivity index (χ2n) is 5.90. The second kappa shape index (κ2) is 4.81. The number of carbonyl (C=O) groups excluding carboxylic acids is 2. The van der Waals surface area contributed by atoms with Gasteiger partial charge in [-0.05, 0) is 35.9 Å². The third-order valence-electron chi connectivity index (χ3n) is 4.23. The molecule has 1 aliphatic heterocycles. The molecule has 0 bridgehead atoms. The van der Waals surface area contributed by atoms with Crippen molar-refractivity contribution in [2.45, 2.75) is 18.9 Å². The summed E-state index contributed by atoms with van der Waals surface area (Å²) in [6.45, 7) is 1.66. The molecule has 4 nitrogen and oxygen atoms in total. The minimum absolute atomic E-state index is 0.0532. The van der Waals surface area contributed by atoms with E-state index in [-0.39, 0.29) is 23.7 Å². The Hall–Kier alpha value is -2.88. The zero-order valence-electron chi connectivity index (χ0n) is 12.5. The minimum atomic E-state index is -1.20. The maximum Gasteiger partial charge on any atom is 0.210 e. The van der Waals surface area contributed by atoms with E-state index in [1.165, 1.54) is 6.26 Å². The average Bonchev–Trinajstić information content (AvgIpc) is 3.15. The molecule has 1 aromatic heterocycles. The van der Waals surface area contributed by atoms with E-state index < -0.39 is 5.60 Å². The Morgan fingerprint density at radius 1 is 1.09 bits per heavy atom. The van der Waals surface area contributed by atoms with Crippen LogP contribution in [0.15, 0.2) is 59.2 Å². The second-order valence-corrected chi connectivity index (χ2v) is 5.90. The van der Waals surface area contributed by atoms with Gasteiger partial charge in [0.25, 0.3) is 0 Å². The molecule has 4 heteroatoms. The maximum atomic E-state index is 12.9. The highest BCUT2D eigenvalue weighted by molar-refractivity contribution is 6.17. The summed E-state index contributed by atoms with van der Waals surface area (Å²) in [7, 11) is 0. The number of rotatable bonds is 3. The molecule has 0 amide bonds. The molecule has 0 fully saturated rings. The fourth-order valence-corrected chi connectivity index (χ4v) is 3.07. The van der Waals surface area contributed by atoms with Crippen LogP contribution < -0.4 is 4.74 Å². The van der Waals surface area contributed by atoms with Crippen LogP contribution in [0.4, 0.5) is 0 Å². The minimum Gasteiger partial charge on any atom is -0.478 e. The number of carbonyl (C=O) groups is 2. The van der Waals surface area contributed by atoms with Gasteiger partial charge in [-0.15, -0.1) is 0 Å². The standard InChI is InChI=1S/C19H14O4/c1-19(11-14(20)15-7-4-10-22-15)18(21)17-13-6-3-2-5-12(13)8-9-16(17)23-19/h2-10H,11H2,1H3. The van der Waals surface area contributed by atoms with Crippen LogP contribution in [-0.4, -0.2) is 17.2 Å². The molecular weight excluding hydrogens is 292 g/mol. The summed E-state index contributed by atoms with van der Waals surface area (Å²) >= 11 is 0. The number of ketones is 2. The quantitative estimate of drug-likeness (QED) is 0.685. The van der Waals surface area contributed by atoms with Crippen molar-refractivity contribution >= 4 is 22.3 Å². The van der Waals surface area contributed by atoms with E-state index in [4.69, 9.17) is 9.15 Å². The monoisotopic (exact) mass is 306 g/mol. The third-order valence-corrected chi connectivity index (χ3v) is 4.23. The highest BCUT2D eigenvalue weighted by Crippen LogP contribution is 2.41. The number of furan rings is 1. The van der Waals surface area contributed by atoms with Crippen molar-refractivity contribution < 1.29 is 18.7 Å². The predicted molar refractivity (Wildman–Crippen MR) is 85.0 cm³/mol. The topological polar surface area (TPSA) is 56.5 Å². The Morgan fingerprint density at radius 3 is 2.70 bits per heavy atom. The molecule has 0 radical (unpaired) electrons. The van der Waals surface area contributed by atoms with Gasteiger partial charge in [0.05, 0.1) is 18.2 Å². The summed E-state index contributed by atoms with van der Waals surface area (Å²) in [5.41, 5.74) is -0.645. The van der Waals surface area contributed by atoms with Gasteiger partial charge in [0.15, 0.2) is 11.4 Å². The van der Waals surface area contributed by atoms with Crippen LogP contribution >= 0.6 is 0 Å². The average molecular weight is 306 g/mol. The van der Waals surface area contributed by atoms with E-state index >= 15 is 0 Å². The molecule has 1 aliphatic rings. The molecule has 0 saturated carbocycles. The Labute approximate surface area is 132 Å². The van der Waals surface area contributed by atoms with Gasteiger partial charge in [-0.3, -0.25) is 9.59 Å². The summed E-state index contributed by atoms with van der Waals surface area (Å²) in [6, 6.07) is 14.6. The molecule has 0 aliphatic carbocycles. The summed E-state index contributed by atoms with van der Waals surface area (Å²) in [4.78, 5) is 25.2. The molecule has 0 N–H and O–H groups in total. The normalized spacial score (nSPS) is 19.6. The maximum absolute atomic E-state index is 12.9. The summed E-state index contributed by atoms with van der Waals surface area (Å²) < 4.78 is 11.0. The summed E-state index contributed by atoms with van der Waals surface area (Å²) in [5, 5.41) is 1.83. The van der Waals surface area contributed by atoms with Crippen LogP contribution in [0.5, 0.6) is 5.75 Å². The number of hydrogen-bond acceptors (Lipinski definition) is 4. The van der Waals surface area contributed by atoms with Crippen LogP contribution in [0, 0.1) is 0 Å². The lowest BCUT2D eigenvalue weighted by Gasteiger charge is -2.20. The van der Waals surface area contributed by atoms with E-state index in [1.54, 1.807) is 25.1 Å². The zero-order chi connectivity index (χ0) is 16.0. The molecule has 2 heterocycles. The van der Waals surface area contributed by atoms with Gasteiger partial charge in [0, 0.05) is 0 Å². The van der Waals surface area contributed by atoms with E-state index in [9.17, 15) is 9.59 Å². The number of fused-ring (bicyclic) bond motifs is 3. The molecule has 114 valence electrons. The number of ether oxygens (including phenoxy) is 1. The first-order valence-corrected chi connectivity index (χ1v) is 7.41. The molecule has 4 rings (SSSR count). The van der Waals surface area contributed by atoms with Gasteiger partial charge in [-0.25, -0.2) is 0 Å². The van der Waals surface area contributed by atoms with Crippen LogP contribution in [0.1, 0.15) is 34.3 Å². The van der Waals surface area contributed by atoms with Crippen LogP contribution in [0.2, 0.25) is 0 Å². The first-order valence-electron chi connectivity index (χ1n) is 7.41. The van der Waals surface area contributed by atoms with Crippen molar-refractivity contribution in [3.8, 4) is 5.75 Å². The summed E-state index contributed by atoms with van der Waals surface area (Å²) in [6.07, 6.45) is 1.39. The van der Waals surface area contributed by atoms with E-state index in [1.807, 2.05) is 30.3 Å². The fraction of sp³-hybridized carbons (Fsp3) is 0.158. The summed E-state index contributed by atoms with van der Waals surface area (Å²) in [5.74, 6) is 0.360. The highest BCUT2D eigenvalue weighted by atomic mass is 16.5. The van der Waals surface area contributed by atoms with E-state index in [2.05, 4.69) is 0 Å². The van der Waals surface area contributed by atoms with Gasteiger partial charge in [-0.2, -0.15) is 0 Å². The number of hydrogen-bond donors (Lipinski definition) is 0. The largest absolute Gasteiger partial charge is 0.478 e. The predicted octanol–water partition coefficient (Wildman–Crippen LogP) is 4.04. The van der Waals surface area contributed by atoms with Crippen molar-refractivity contribution in [1.29, 1.82) is 0 Å². The van der Waals surface area contributed by atoms with Crippen molar-refractivity contribution in [3.05, 3.63) is 66.1 Å². The SMILES string of the molecule is CC1(CC(=O)c2ccco2)Oc2ccc3ccccc3c2C1=O. The Bertz CT molecular complexity index is 924. The van der Waals surface area contributed by atoms with E-state index in [0.29, 0.717) is 11.3 Å². The first-order chi connectivity index (χ1) is 11.1. The molecule has 1 unspecified atom stereocenters. The van der Waals surface area contributed by atoms with Gasteiger partial charge in [0.2, 0.25) is 11.6 Å². The molecule has 2 aromatic carbocycles. The molecule has 0 spiro atoms. The molecule has 1 atom stereocenters.